The van der Waals surface area contributed by atoms with E-state index in [0.29, 0.717) is 16.6 Å². The molecule has 1 aromatic carbocycles. The highest BCUT2D eigenvalue weighted by atomic mass is 32.2. The van der Waals surface area contributed by atoms with Gasteiger partial charge >= 0.3 is 6.18 Å². The van der Waals surface area contributed by atoms with Crippen molar-refractivity contribution in [2.75, 3.05) is 6.54 Å². The molecule has 108 valence electrons. The molecule has 0 aliphatic rings. The number of rotatable bonds is 5. The van der Waals surface area contributed by atoms with Crippen molar-refractivity contribution in [2.45, 2.75) is 29.7 Å². The summed E-state index contributed by atoms with van der Waals surface area (Å²) in [6.07, 6.45) is -1.16. The van der Waals surface area contributed by atoms with Crippen LogP contribution in [0.25, 0.3) is 0 Å². The maximum Gasteiger partial charge on any atom is 0.416 e. The number of aromatic nitrogens is 2. The third-order valence-corrected chi connectivity index (χ3v) is 3.55. The van der Waals surface area contributed by atoms with Crippen LogP contribution in [0, 0.1) is 0 Å². The number of aromatic amines is 1. The fourth-order valence-corrected chi connectivity index (χ4v) is 2.49. The normalized spacial score (nSPS) is 11.8. The molecule has 0 spiro atoms. The Balaban J connectivity index is 2.28. The number of benzene rings is 1. The molecule has 1 aromatic heterocycles. The van der Waals surface area contributed by atoms with Crippen molar-refractivity contribution in [2.24, 2.45) is 0 Å². The first-order valence-corrected chi connectivity index (χ1v) is 6.90. The zero-order valence-electron chi connectivity index (χ0n) is 10.8. The summed E-state index contributed by atoms with van der Waals surface area (Å²) in [6.45, 7) is 2.69. The van der Waals surface area contributed by atoms with Gasteiger partial charge in [0, 0.05) is 23.8 Å². The Morgan fingerprint density at radius 2 is 2.15 bits per heavy atom. The van der Waals surface area contributed by atoms with Crippen molar-refractivity contribution in [3.63, 3.8) is 0 Å². The largest absolute Gasteiger partial charge is 0.416 e. The Hall–Kier alpha value is -1.47. The molecule has 0 unspecified atom stereocenters. The van der Waals surface area contributed by atoms with Gasteiger partial charge in [0.2, 0.25) is 0 Å². The van der Waals surface area contributed by atoms with Crippen LogP contribution in [0.1, 0.15) is 18.1 Å². The van der Waals surface area contributed by atoms with Crippen LogP contribution in [0.4, 0.5) is 13.2 Å². The fourth-order valence-electron chi connectivity index (χ4n) is 1.71. The van der Waals surface area contributed by atoms with Crippen molar-refractivity contribution < 1.29 is 13.2 Å². The number of H-pyrrole nitrogens is 1. The molecule has 0 radical (unpaired) electrons. The van der Waals surface area contributed by atoms with Crippen LogP contribution in [0.3, 0.4) is 0 Å². The topological polar surface area (TPSA) is 40.7 Å². The van der Waals surface area contributed by atoms with E-state index in [0.717, 1.165) is 0 Å². The molecule has 0 aliphatic carbocycles. The van der Waals surface area contributed by atoms with E-state index in [1.54, 1.807) is 18.5 Å². The quantitative estimate of drug-likeness (QED) is 0.885. The Labute approximate surface area is 119 Å². The zero-order valence-corrected chi connectivity index (χ0v) is 11.6. The second-order valence-corrected chi connectivity index (χ2v) is 5.16. The van der Waals surface area contributed by atoms with Gasteiger partial charge in [-0.1, -0.05) is 24.8 Å². The highest BCUT2D eigenvalue weighted by Crippen LogP contribution is 2.36. The second-order valence-electron chi connectivity index (χ2n) is 4.09. The molecule has 0 aliphatic heterocycles. The lowest BCUT2D eigenvalue weighted by molar-refractivity contribution is -0.138. The molecule has 1 heterocycles. The average Bonchev–Trinajstić information content (AvgIpc) is 2.89. The van der Waals surface area contributed by atoms with Crippen LogP contribution in [0.5, 0.6) is 0 Å². The number of alkyl halides is 3. The van der Waals surface area contributed by atoms with Crippen LogP contribution in [-0.4, -0.2) is 16.5 Å². The first kappa shape index (κ1) is 14.9. The van der Waals surface area contributed by atoms with Crippen LogP contribution in [0.2, 0.25) is 0 Å². The minimum Gasteiger partial charge on any atom is -0.339 e. The van der Waals surface area contributed by atoms with E-state index in [2.05, 4.69) is 15.3 Å². The van der Waals surface area contributed by atoms with Crippen molar-refractivity contribution >= 4 is 11.8 Å². The van der Waals surface area contributed by atoms with Crippen LogP contribution in [0.15, 0.2) is 40.6 Å². The predicted molar refractivity (Wildman–Crippen MR) is 71.5 cm³/mol. The Morgan fingerprint density at radius 1 is 1.35 bits per heavy atom. The summed E-state index contributed by atoms with van der Waals surface area (Å²) in [6, 6.07) is 4.35. The highest BCUT2D eigenvalue weighted by Gasteiger charge is 2.33. The van der Waals surface area contributed by atoms with Gasteiger partial charge in [-0.15, -0.1) is 0 Å². The molecule has 2 N–H and O–H groups in total. The summed E-state index contributed by atoms with van der Waals surface area (Å²) in [5.74, 6) is 0. The standard InChI is InChI=1S/C13H14F3N3S/c1-2-17-8-9-3-4-10(7-11(9)13(14,15)16)20-12-18-5-6-19-12/h3-7,17H,2,8H2,1H3,(H,18,19). The molecule has 0 saturated carbocycles. The maximum absolute atomic E-state index is 13.1. The van der Waals surface area contributed by atoms with Gasteiger partial charge in [0.05, 0.1) is 5.56 Å². The van der Waals surface area contributed by atoms with Crippen LogP contribution < -0.4 is 5.32 Å². The molecule has 0 atom stereocenters. The number of imidazole rings is 1. The molecular weight excluding hydrogens is 287 g/mol. The van der Waals surface area contributed by atoms with Gasteiger partial charge in [-0.25, -0.2) is 4.98 Å². The van der Waals surface area contributed by atoms with Gasteiger partial charge in [0.1, 0.15) is 0 Å². The van der Waals surface area contributed by atoms with E-state index < -0.39 is 11.7 Å². The van der Waals surface area contributed by atoms with Gasteiger partial charge in [-0.05, 0) is 24.2 Å². The molecule has 3 nitrogen and oxygen atoms in total. The van der Waals surface area contributed by atoms with Gasteiger partial charge < -0.3 is 10.3 Å². The van der Waals surface area contributed by atoms with Crippen LogP contribution in [-0.2, 0) is 12.7 Å². The summed E-state index contributed by atoms with van der Waals surface area (Å²) in [5.41, 5.74) is -0.349. The number of hydrogen-bond acceptors (Lipinski definition) is 3. The van der Waals surface area contributed by atoms with E-state index in [4.69, 9.17) is 0 Å². The van der Waals surface area contributed by atoms with Gasteiger partial charge in [-0.2, -0.15) is 13.2 Å². The van der Waals surface area contributed by atoms with E-state index in [9.17, 15) is 13.2 Å². The highest BCUT2D eigenvalue weighted by molar-refractivity contribution is 7.99. The summed E-state index contributed by atoms with van der Waals surface area (Å²) in [4.78, 5) is 7.35. The number of nitrogens with one attached hydrogen (secondary N) is 2. The van der Waals surface area contributed by atoms with Gasteiger partial charge in [-0.3, -0.25) is 0 Å². The lowest BCUT2D eigenvalue weighted by Gasteiger charge is -2.14. The lowest BCUT2D eigenvalue weighted by Crippen LogP contribution is -2.17. The van der Waals surface area contributed by atoms with Crippen molar-refractivity contribution in [3.8, 4) is 0 Å². The maximum atomic E-state index is 13.1. The Bertz CT molecular complexity index is 552. The molecule has 0 amide bonds. The monoisotopic (exact) mass is 301 g/mol. The fraction of sp³-hybridized carbons (Fsp3) is 0.308. The van der Waals surface area contributed by atoms with Gasteiger partial charge in [0.25, 0.3) is 0 Å². The molecule has 0 bridgehead atoms. The summed E-state index contributed by atoms with van der Waals surface area (Å²) in [5, 5.41) is 3.48. The average molecular weight is 301 g/mol. The number of halogens is 3. The minimum absolute atomic E-state index is 0.205. The zero-order chi connectivity index (χ0) is 14.6. The first-order valence-electron chi connectivity index (χ1n) is 6.08. The molecule has 2 rings (SSSR count). The van der Waals surface area contributed by atoms with Crippen molar-refractivity contribution in [1.29, 1.82) is 0 Å². The molecule has 2 aromatic rings. The van der Waals surface area contributed by atoms with Crippen molar-refractivity contribution in [1.82, 2.24) is 15.3 Å². The van der Waals surface area contributed by atoms with E-state index in [-0.39, 0.29) is 12.1 Å². The summed E-state index contributed by atoms with van der Waals surface area (Å²) in [7, 11) is 0. The number of hydrogen-bond donors (Lipinski definition) is 2. The summed E-state index contributed by atoms with van der Waals surface area (Å²) >= 11 is 1.17. The third kappa shape index (κ3) is 3.77. The van der Waals surface area contributed by atoms with Crippen molar-refractivity contribution in [3.05, 3.63) is 41.7 Å². The van der Waals surface area contributed by atoms with Crippen LogP contribution >= 0.6 is 11.8 Å². The molecule has 0 saturated heterocycles. The van der Waals surface area contributed by atoms with E-state index in [1.807, 2.05) is 6.92 Å². The number of nitrogens with zero attached hydrogens (tertiary/aromatic N) is 1. The SMILES string of the molecule is CCNCc1ccc(Sc2ncc[nH]2)cc1C(F)(F)F. The van der Waals surface area contributed by atoms with E-state index in [1.165, 1.54) is 23.9 Å². The minimum atomic E-state index is -4.36. The lowest BCUT2D eigenvalue weighted by atomic mass is 10.1. The second kappa shape index (κ2) is 6.32. The third-order valence-electron chi connectivity index (χ3n) is 2.64. The first-order chi connectivity index (χ1) is 9.50. The Morgan fingerprint density at radius 3 is 2.75 bits per heavy atom. The smallest absolute Gasteiger partial charge is 0.339 e. The molecule has 0 fully saturated rings. The Kier molecular flexibility index (Phi) is 4.72. The summed E-state index contributed by atoms with van der Waals surface area (Å²) < 4.78 is 39.2. The molecule has 20 heavy (non-hydrogen) atoms. The van der Waals surface area contributed by atoms with Gasteiger partial charge in [0.15, 0.2) is 5.16 Å². The molecular formula is C13H14F3N3S. The van der Waals surface area contributed by atoms with E-state index >= 15 is 0 Å². The molecule has 7 heteroatoms. The predicted octanol–water partition coefficient (Wildman–Crippen LogP) is 3.69.